The lowest BCUT2D eigenvalue weighted by molar-refractivity contribution is -0.117. The zero-order valence-electron chi connectivity index (χ0n) is 17.3. The molecule has 3 nitrogen and oxygen atoms in total. The summed E-state index contributed by atoms with van der Waals surface area (Å²) in [7, 11) is 0. The van der Waals surface area contributed by atoms with Gasteiger partial charge in [-0.3, -0.25) is 4.79 Å². The number of aryl methyl sites for hydroxylation is 2. The molecule has 28 heavy (non-hydrogen) atoms. The van der Waals surface area contributed by atoms with Crippen LogP contribution >= 0.6 is 0 Å². The predicted octanol–water partition coefficient (Wildman–Crippen LogP) is 5.61. The fourth-order valence-electron chi connectivity index (χ4n) is 3.24. The van der Waals surface area contributed by atoms with Gasteiger partial charge < -0.3 is 10.6 Å². The van der Waals surface area contributed by atoms with Crippen molar-refractivity contribution in [3.8, 4) is 11.1 Å². The van der Waals surface area contributed by atoms with E-state index in [9.17, 15) is 9.18 Å². The summed E-state index contributed by atoms with van der Waals surface area (Å²) >= 11 is 0. The first-order valence-electron chi connectivity index (χ1n) is 9.91. The SMILES string of the molecule is CC(=Cc1cc(C)c(-c2ccc(NC(C)C)c(F)c2)cc1C)C(=O)NC1CC1. The lowest BCUT2D eigenvalue weighted by atomic mass is 9.94. The average Bonchev–Trinajstić information content (AvgIpc) is 3.43. The number of carbonyl (C=O) groups excluding carboxylic acids is 1. The van der Waals surface area contributed by atoms with E-state index in [2.05, 4.69) is 22.8 Å². The molecule has 0 unspecified atom stereocenters. The summed E-state index contributed by atoms with van der Waals surface area (Å²) < 4.78 is 14.5. The number of amides is 1. The zero-order valence-corrected chi connectivity index (χ0v) is 17.3. The number of halogens is 1. The molecular formula is C24H29FN2O. The quantitative estimate of drug-likeness (QED) is 0.639. The highest BCUT2D eigenvalue weighted by molar-refractivity contribution is 5.97. The number of nitrogens with one attached hydrogen (secondary N) is 2. The number of hydrogen-bond donors (Lipinski definition) is 2. The molecular weight excluding hydrogens is 351 g/mol. The van der Waals surface area contributed by atoms with Crippen LogP contribution in [0.1, 0.15) is 50.3 Å². The Morgan fingerprint density at radius 3 is 2.46 bits per heavy atom. The second-order valence-corrected chi connectivity index (χ2v) is 8.09. The van der Waals surface area contributed by atoms with Crippen molar-refractivity contribution in [2.75, 3.05) is 5.32 Å². The van der Waals surface area contributed by atoms with Crippen LogP contribution in [0.25, 0.3) is 17.2 Å². The van der Waals surface area contributed by atoms with Gasteiger partial charge in [0.05, 0.1) is 5.69 Å². The predicted molar refractivity (Wildman–Crippen MR) is 115 cm³/mol. The highest BCUT2D eigenvalue weighted by Gasteiger charge is 2.23. The first-order chi connectivity index (χ1) is 13.2. The van der Waals surface area contributed by atoms with E-state index >= 15 is 0 Å². The summed E-state index contributed by atoms with van der Waals surface area (Å²) in [6.07, 6.45) is 4.09. The second kappa shape index (κ2) is 8.17. The molecule has 1 aliphatic carbocycles. The summed E-state index contributed by atoms with van der Waals surface area (Å²) in [6.45, 7) is 9.85. The minimum Gasteiger partial charge on any atom is -0.381 e. The molecule has 1 saturated carbocycles. The Kier molecular flexibility index (Phi) is 5.87. The molecule has 2 aromatic rings. The molecule has 2 N–H and O–H groups in total. The van der Waals surface area contributed by atoms with Gasteiger partial charge in [0.2, 0.25) is 5.91 Å². The number of hydrogen-bond acceptors (Lipinski definition) is 2. The first-order valence-corrected chi connectivity index (χ1v) is 9.91. The van der Waals surface area contributed by atoms with Crippen molar-refractivity contribution in [3.05, 3.63) is 58.4 Å². The molecule has 1 amide bonds. The second-order valence-electron chi connectivity index (χ2n) is 8.09. The van der Waals surface area contributed by atoms with E-state index in [1.807, 2.05) is 46.8 Å². The largest absolute Gasteiger partial charge is 0.381 e. The number of benzene rings is 2. The van der Waals surface area contributed by atoms with Crippen molar-refractivity contribution < 1.29 is 9.18 Å². The third kappa shape index (κ3) is 4.80. The Morgan fingerprint density at radius 1 is 1.14 bits per heavy atom. The van der Waals surface area contributed by atoms with Crippen LogP contribution < -0.4 is 10.6 Å². The standard InChI is InChI=1S/C24H29FN2O/c1-14(2)26-23-9-6-18(13-22(23)25)21-12-15(3)19(10-16(21)4)11-17(5)24(28)27-20-7-8-20/h6,9-14,20,26H,7-8H2,1-5H3,(H,27,28). The molecule has 1 fully saturated rings. The summed E-state index contributed by atoms with van der Waals surface area (Å²) in [6, 6.07) is 9.98. The van der Waals surface area contributed by atoms with E-state index in [0.717, 1.165) is 40.7 Å². The van der Waals surface area contributed by atoms with E-state index in [1.54, 1.807) is 12.1 Å². The monoisotopic (exact) mass is 380 g/mol. The van der Waals surface area contributed by atoms with Crippen molar-refractivity contribution in [2.24, 2.45) is 0 Å². The van der Waals surface area contributed by atoms with Crippen molar-refractivity contribution in [1.29, 1.82) is 0 Å². The van der Waals surface area contributed by atoms with Crippen LogP contribution in [0.15, 0.2) is 35.9 Å². The van der Waals surface area contributed by atoms with Gasteiger partial charge in [-0.2, -0.15) is 0 Å². The maximum atomic E-state index is 14.5. The van der Waals surface area contributed by atoms with E-state index in [-0.39, 0.29) is 17.8 Å². The molecule has 0 radical (unpaired) electrons. The summed E-state index contributed by atoms with van der Waals surface area (Å²) in [5.74, 6) is -0.251. The van der Waals surface area contributed by atoms with E-state index in [4.69, 9.17) is 0 Å². The van der Waals surface area contributed by atoms with Gasteiger partial charge in [0.15, 0.2) is 0 Å². The Hall–Kier alpha value is -2.62. The number of rotatable bonds is 6. The molecule has 0 spiro atoms. The van der Waals surface area contributed by atoms with E-state index in [0.29, 0.717) is 17.3 Å². The topological polar surface area (TPSA) is 41.1 Å². The van der Waals surface area contributed by atoms with Gasteiger partial charge in [0, 0.05) is 17.7 Å². The Labute approximate surface area is 167 Å². The van der Waals surface area contributed by atoms with Crippen LogP contribution in [-0.2, 0) is 4.79 Å². The van der Waals surface area contributed by atoms with Gasteiger partial charge in [-0.1, -0.05) is 18.2 Å². The smallest absolute Gasteiger partial charge is 0.247 e. The van der Waals surface area contributed by atoms with Crippen LogP contribution in [0.2, 0.25) is 0 Å². The third-order valence-corrected chi connectivity index (χ3v) is 4.98. The fourth-order valence-corrected chi connectivity index (χ4v) is 3.24. The Bertz CT molecular complexity index is 926. The minimum atomic E-state index is -0.250. The normalized spacial score (nSPS) is 14.3. The molecule has 4 heteroatoms. The van der Waals surface area contributed by atoms with Crippen LogP contribution in [0, 0.1) is 19.7 Å². The van der Waals surface area contributed by atoms with Gasteiger partial charge in [-0.15, -0.1) is 0 Å². The van der Waals surface area contributed by atoms with Crippen molar-refractivity contribution in [2.45, 2.75) is 59.5 Å². The Morgan fingerprint density at radius 2 is 1.86 bits per heavy atom. The Balaban J connectivity index is 1.87. The van der Waals surface area contributed by atoms with Gasteiger partial charge in [0.1, 0.15) is 5.82 Å². The molecule has 2 aromatic carbocycles. The van der Waals surface area contributed by atoms with Gasteiger partial charge in [-0.05, 0) is 93.5 Å². The molecule has 0 bridgehead atoms. The van der Waals surface area contributed by atoms with Crippen LogP contribution in [0.5, 0.6) is 0 Å². The van der Waals surface area contributed by atoms with Gasteiger partial charge in [0.25, 0.3) is 0 Å². The van der Waals surface area contributed by atoms with Crippen LogP contribution in [0.4, 0.5) is 10.1 Å². The fraction of sp³-hybridized carbons (Fsp3) is 0.375. The van der Waals surface area contributed by atoms with Crippen LogP contribution in [-0.4, -0.2) is 18.0 Å². The maximum absolute atomic E-state index is 14.5. The molecule has 148 valence electrons. The number of anilines is 1. The lowest BCUT2D eigenvalue weighted by Crippen LogP contribution is -2.25. The molecule has 0 atom stereocenters. The highest BCUT2D eigenvalue weighted by Crippen LogP contribution is 2.30. The zero-order chi connectivity index (χ0) is 20.4. The molecule has 1 aliphatic rings. The maximum Gasteiger partial charge on any atom is 0.247 e. The van der Waals surface area contributed by atoms with Crippen molar-refractivity contribution >= 4 is 17.7 Å². The van der Waals surface area contributed by atoms with Gasteiger partial charge >= 0.3 is 0 Å². The highest BCUT2D eigenvalue weighted by atomic mass is 19.1. The molecule has 0 aliphatic heterocycles. The van der Waals surface area contributed by atoms with Crippen molar-refractivity contribution in [3.63, 3.8) is 0 Å². The number of carbonyl (C=O) groups is 1. The van der Waals surface area contributed by atoms with E-state index < -0.39 is 0 Å². The minimum absolute atomic E-state index is 0.000980. The van der Waals surface area contributed by atoms with Crippen molar-refractivity contribution in [1.82, 2.24) is 5.32 Å². The van der Waals surface area contributed by atoms with E-state index in [1.165, 1.54) is 0 Å². The summed E-state index contributed by atoms with van der Waals surface area (Å²) in [4.78, 5) is 12.2. The molecule has 0 aromatic heterocycles. The first kappa shape index (κ1) is 20.1. The molecule has 3 rings (SSSR count). The lowest BCUT2D eigenvalue weighted by Gasteiger charge is -2.14. The van der Waals surface area contributed by atoms with Crippen LogP contribution in [0.3, 0.4) is 0 Å². The van der Waals surface area contributed by atoms with Gasteiger partial charge in [-0.25, -0.2) is 4.39 Å². The molecule has 0 saturated heterocycles. The average molecular weight is 381 g/mol. The third-order valence-electron chi connectivity index (χ3n) is 4.98. The summed E-state index contributed by atoms with van der Waals surface area (Å²) in [5, 5.41) is 6.13. The summed E-state index contributed by atoms with van der Waals surface area (Å²) in [5.41, 5.74) is 6.21. The molecule has 0 heterocycles.